The summed E-state index contributed by atoms with van der Waals surface area (Å²) in [5, 5.41) is 12.0. The van der Waals surface area contributed by atoms with Crippen LogP contribution in [0.1, 0.15) is 37.4 Å². The number of nitrogens with zero attached hydrogens (tertiary/aromatic N) is 2. The highest BCUT2D eigenvalue weighted by atomic mass is 32.1. The monoisotopic (exact) mass is 336 g/mol. The van der Waals surface area contributed by atoms with Gasteiger partial charge in [0, 0.05) is 5.56 Å². The average Bonchev–Trinajstić information content (AvgIpc) is 3.20. The van der Waals surface area contributed by atoms with Crippen molar-refractivity contribution in [1.82, 2.24) is 10.2 Å². The molecule has 3 aromatic rings. The first-order valence-corrected chi connectivity index (χ1v) is 8.09. The van der Waals surface area contributed by atoms with Crippen molar-refractivity contribution < 1.29 is 18.5 Å². The topological polar surface area (TPSA) is 55.5 Å². The molecule has 2 N–H and O–H groups in total. The third-order valence-corrected chi connectivity index (χ3v) is 4.47. The van der Waals surface area contributed by atoms with Gasteiger partial charge in [-0.1, -0.05) is 6.07 Å². The lowest BCUT2D eigenvalue weighted by atomic mass is 10.1. The van der Waals surface area contributed by atoms with Gasteiger partial charge in [-0.2, -0.15) is 0 Å². The van der Waals surface area contributed by atoms with Gasteiger partial charge in [-0.15, -0.1) is 21.5 Å². The van der Waals surface area contributed by atoms with E-state index < -0.39 is 11.6 Å². The van der Waals surface area contributed by atoms with E-state index in [0.29, 0.717) is 17.3 Å². The fraction of sp³-hybridized carbons (Fsp3) is 0.250. The molecule has 0 radical (unpaired) electrons. The Morgan fingerprint density at radius 3 is 2.61 bits per heavy atom. The van der Waals surface area contributed by atoms with Crippen molar-refractivity contribution in [3.05, 3.63) is 58.8 Å². The van der Waals surface area contributed by atoms with Gasteiger partial charge >= 0.3 is 0 Å². The van der Waals surface area contributed by atoms with E-state index in [0.717, 1.165) is 10.9 Å². The summed E-state index contributed by atoms with van der Waals surface area (Å²) in [7, 11) is 0. The van der Waals surface area contributed by atoms with Crippen LogP contribution in [0.15, 0.2) is 40.1 Å². The number of hydrogen-bond donors (Lipinski definition) is 1. The lowest BCUT2D eigenvalue weighted by Crippen LogP contribution is -2.85. The van der Waals surface area contributed by atoms with E-state index in [1.165, 1.54) is 17.4 Å². The molecule has 0 aliphatic heterocycles. The Hall–Kier alpha value is -2.12. The number of aromatic nitrogens is 2. The summed E-state index contributed by atoms with van der Waals surface area (Å²) in [6.45, 7) is 3.85. The van der Waals surface area contributed by atoms with Crippen LogP contribution in [0.4, 0.5) is 8.78 Å². The Labute approximate surface area is 136 Å². The smallest absolute Gasteiger partial charge is 0.274 e. The highest BCUT2D eigenvalue weighted by molar-refractivity contribution is 7.13. The summed E-state index contributed by atoms with van der Waals surface area (Å²) >= 11 is 1.53. The van der Waals surface area contributed by atoms with E-state index in [1.807, 2.05) is 36.7 Å². The molecule has 0 saturated carbocycles. The molecule has 7 heteroatoms. The largest absolute Gasteiger partial charge is 0.414 e. The third kappa shape index (κ3) is 3.46. The van der Waals surface area contributed by atoms with Gasteiger partial charge in [0.2, 0.25) is 0 Å². The quantitative estimate of drug-likeness (QED) is 0.776. The van der Waals surface area contributed by atoms with Gasteiger partial charge in [-0.25, -0.2) is 8.78 Å². The lowest BCUT2D eigenvalue weighted by molar-refractivity contribution is -0.730. The molecule has 0 aliphatic rings. The number of quaternary nitrogens is 1. The van der Waals surface area contributed by atoms with E-state index in [4.69, 9.17) is 4.42 Å². The van der Waals surface area contributed by atoms with E-state index in [2.05, 4.69) is 10.2 Å². The summed E-state index contributed by atoms with van der Waals surface area (Å²) in [6.07, 6.45) is 0. The molecular formula is C16H16F2N3OS+. The van der Waals surface area contributed by atoms with Crippen LogP contribution in [-0.4, -0.2) is 10.2 Å². The molecule has 120 valence electrons. The maximum absolute atomic E-state index is 13.3. The third-order valence-electron chi connectivity index (χ3n) is 3.61. The molecule has 2 heterocycles. The molecule has 2 atom stereocenters. The van der Waals surface area contributed by atoms with Crippen LogP contribution >= 0.6 is 11.3 Å². The maximum atomic E-state index is 13.3. The van der Waals surface area contributed by atoms with Crippen LogP contribution < -0.4 is 5.32 Å². The summed E-state index contributed by atoms with van der Waals surface area (Å²) in [5.74, 6) is -0.682. The Morgan fingerprint density at radius 1 is 1.09 bits per heavy atom. The van der Waals surface area contributed by atoms with Crippen molar-refractivity contribution in [2.75, 3.05) is 0 Å². The Bertz CT molecular complexity index is 788. The molecule has 23 heavy (non-hydrogen) atoms. The number of thiophene rings is 1. The van der Waals surface area contributed by atoms with Gasteiger partial charge in [0.1, 0.15) is 6.04 Å². The summed E-state index contributed by atoms with van der Waals surface area (Å²) < 4.78 is 32.0. The van der Waals surface area contributed by atoms with Gasteiger partial charge in [0.05, 0.1) is 4.88 Å². The van der Waals surface area contributed by atoms with Crippen LogP contribution in [-0.2, 0) is 0 Å². The Morgan fingerprint density at radius 2 is 1.91 bits per heavy atom. The predicted molar refractivity (Wildman–Crippen MR) is 82.7 cm³/mol. The fourth-order valence-corrected chi connectivity index (χ4v) is 2.98. The molecule has 0 saturated heterocycles. The normalized spacial score (nSPS) is 13.9. The molecule has 3 rings (SSSR count). The Kier molecular flexibility index (Phi) is 4.49. The molecule has 0 fully saturated rings. The predicted octanol–water partition coefficient (Wildman–Crippen LogP) is 3.46. The Balaban J connectivity index is 1.71. The first-order chi connectivity index (χ1) is 11.0. The summed E-state index contributed by atoms with van der Waals surface area (Å²) in [4.78, 5) is 0.921. The number of nitrogens with two attached hydrogens (primary N) is 1. The first kappa shape index (κ1) is 15.8. The highest BCUT2D eigenvalue weighted by Crippen LogP contribution is 2.24. The van der Waals surface area contributed by atoms with E-state index in [9.17, 15) is 8.78 Å². The van der Waals surface area contributed by atoms with Crippen LogP contribution in [0.5, 0.6) is 0 Å². The number of rotatable bonds is 5. The maximum Gasteiger partial charge on any atom is 0.274 e. The summed E-state index contributed by atoms with van der Waals surface area (Å²) in [5.41, 5.74) is 0.703. The molecule has 0 bridgehead atoms. The number of hydrogen-bond acceptors (Lipinski definition) is 4. The van der Waals surface area contributed by atoms with Crippen LogP contribution in [0.25, 0.3) is 10.8 Å². The molecule has 4 nitrogen and oxygen atoms in total. The lowest BCUT2D eigenvalue weighted by Gasteiger charge is -2.14. The SMILES string of the molecule is C[C@@H]([NH2+][C@H](C)c1nnc(-c2cccs2)o1)c1ccc(F)c(F)c1. The standard InChI is InChI=1S/C16H15F2N3OS/c1-9(11-5-6-12(17)13(18)8-11)19-10(2)15-20-21-16(22-15)14-4-3-7-23-14/h3-10,19H,1-2H3/p+1/t9-,10-/m1/s1. The minimum Gasteiger partial charge on any atom is -0.414 e. The second-order valence-electron chi connectivity index (χ2n) is 5.37. The molecule has 0 spiro atoms. The fourth-order valence-electron chi connectivity index (χ4n) is 2.34. The van der Waals surface area contributed by atoms with Crippen molar-refractivity contribution in [2.45, 2.75) is 25.9 Å². The van der Waals surface area contributed by atoms with E-state index in [1.54, 1.807) is 6.07 Å². The number of benzene rings is 1. The van der Waals surface area contributed by atoms with E-state index >= 15 is 0 Å². The van der Waals surface area contributed by atoms with Gasteiger partial charge < -0.3 is 9.73 Å². The molecule has 0 amide bonds. The number of halogens is 2. The molecule has 0 unspecified atom stereocenters. The average molecular weight is 336 g/mol. The van der Waals surface area contributed by atoms with Crippen molar-refractivity contribution in [1.29, 1.82) is 0 Å². The highest BCUT2D eigenvalue weighted by Gasteiger charge is 2.22. The first-order valence-electron chi connectivity index (χ1n) is 7.22. The van der Waals surface area contributed by atoms with E-state index in [-0.39, 0.29) is 12.1 Å². The van der Waals surface area contributed by atoms with Crippen LogP contribution in [0.2, 0.25) is 0 Å². The van der Waals surface area contributed by atoms with Crippen molar-refractivity contribution >= 4 is 11.3 Å². The minimum absolute atomic E-state index is 0.0720. The van der Waals surface area contributed by atoms with Crippen LogP contribution in [0.3, 0.4) is 0 Å². The minimum atomic E-state index is -0.841. The van der Waals surface area contributed by atoms with Crippen molar-refractivity contribution in [3.63, 3.8) is 0 Å². The van der Waals surface area contributed by atoms with Crippen molar-refractivity contribution in [3.8, 4) is 10.8 Å². The van der Waals surface area contributed by atoms with Gasteiger partial charge in [0.15, 0.2) is 17.7 Å². The zero-order valence-electron chi connectivity index (χ0n) is 12.7. The summed E-state index contributed by atoms with van der Waals surface area (Å²) in [6, 6.07) is 7.61. The molecule has 2 aromatic heterocycles. The molecule has 1 aromatic carbocycles. The molecular weight excluding hydrogens is 320 g/mol. The van der Waals surface area contributed by atoms with Crippen LogP contribution in [0, 0.1) is 11.6 Å². The van der Waals surface area contributed by atoms with Crippen molar-refractivity contribution in [2.24, 2.45) is 0 Å². The second kappa shape index (κ2) is 6.55. The zero-order chi connectivity index (χ0) is 16.4. The zero-order valence-corrected chi connectivity index (χ0v) is 13.5. The van der Waals surface area contributed by atoms with Gasteiger partial charge in [-0.05, 0) is 43.5 Å². The van der Waals surface area contributed by atoms with Gasteiger partial charge in [-0.3, -0.25) is 0 Å². The second-order valence-corrected chi connectivity index (χ2v) is 6.31. The molecule has 0 aliphatic carbocycles. The van der Waals surface area contributed by atoms with Gasteiger partial charge in [0.25, 0.3) is 11.8 Å².